The van der Waals surface area contributed by atoms with Crippen LogP contribution in [0.15, 0.2) is 48.5 Å². The fraction of sp³-hybridized carbons (Fsp3) is 0.435. The van der Waals surface area contributed by atoms with Gasteiger partial charge < -0.3 is 4.90 Å². The first-order chi connectivity index (χ1) is 15.3. The van der Waals surface area contributed by atoms with E-state index in [0.29, 0.717) is 23.7 Å². The Kier molecular flexibility index (Phi) is 7.14. The number of halogens is 2. The van der Waals surface area contributed by atoms with Crippen molar-refractivity contribution in [2.24, 2.45) is 0 Å². The molecule has 1 heterocycles. The highest BCUT2D eigenvalue weighted by Gasteiger charge is 2.34. The number of carbonyl (C=O) groups is 1. The molecule has 1 amide bonds. The predicted octanol–water partition coefficient (Wildman–Crippen LogP) is 3.12. The maximum atomic E-state index is 14.2. The SMILES string of the molecule is O=C(CN(Cc1c(F)cccc1Cl)C1CC1)N1CCN(S(=O)(=O)Cc2ccccc2)CC1. The third kappa shape index (κ3) is 5.67. The Balaban J connectivity index is 1.33. The predicted molar refractivity (Wildman–Crippen MR) is 122 cm³/mol. The minimum atomic E-state index is -3.43. The minimum absolute atomic E-state index is 0.0410. The lowest BCUT2D eigenvalue weighted by molar-refractivity contribution is -0.133. The van der Waals surface area contributed by atoms with E-state index in [2.05, 4.69) is 0 Å². The second-order valence-corrected chi connectivity index (χ2v) is 10.7. The van der Waals surface area contributed by atoms with Crippen LogP contribution in [0.1, 0.15) is 24.0 Å². The number of amides is 1. The molecule has 0 unspecified atom stereocenters. The van der Waals surface area contributed by atoms with Crippen LogP contribution in [0.2, 0.25) is 5.02 Å². The van der Waals surface area contributed by atoms with Crippen LogP contribution in [0, 0.1) is 5.82 Å². The van der Waals surface area contributed by atoms with Crippen molar-refractivity contribution in [3.8, 4) is 0 Å². The number of hydrogen-bond donors (Lipinski definition) is 0. The van der Waals surface area contributed by atoms with Crippen LogP contribution in [0.3, 0.4) is 0 Å². The molecule has 172 valence electrons. The van der Waals surface area contributed by atoms with Gasteiger partial charge in [0.05, 0.1) is 12.3 Å². The van der Waals surface area contributed by atoms with E-state index in [0.717, 1.165) is 18.4 Å². The maximum absolute atomic E-state index is 14.2. The second-order valence-electron chi connectivity index (χ2n) is 8.36. The first-order valence-corrected chi connectivity index (χ1v) is 12.8. The van der Waals surface area contributed by atoms with E-state index in [-0.39, 0.29) is 49.7 Å². The van der Waals surface area contributed by atoms with Crippen LogP contribution >= 0.6 is 11.6 Å². The Morgan fingerprint density at radius 1 is 1.03 bits per heavy atom. The maximum Gasteiger partial charge on any atom is 0.236 e. The summed E-state index contributed by atoms with van der Waals surface area (Å²) in [5.74, 6) is -0.474. The molecule has 6 nitrogen and oxygen atoms in total. The largest absolute Gasteiger partial charge is 0.339 e. The molecule has 0 aromatic heterocycles. The van der Waals surface area contributed by atoms with Gasteiger partial charge in [0, 0.05) is 49.4 Å². The standard InChI is InChI=1S/C23H27ClFN3O3S/c24-21-7-4-8-22(25)20(21)15-27(19-9-10-19)16-23(29)26-11-13-28(14-12-26)32(30,31)17-18-5-2-1-3-6-18/h1-8,19H,9-17H2. The number of sulfonamides is 1. The van der Waals surface area contributed by atoms with Gasteiger partial charge in [-0.05, 0) is 30.5 Å². The van der Waals surface area contributed by atoms with Crippen molar-refractivity contribution in [2.45, 2.75) is 31.2 Å². The molecule has 1 aliphatic heterocycles. The number of hydrogen-bond acceptors (Lipinski definition) is 4. The molecule has 9 heteroatoms. The highest BCUT2D eigenvalue weighted by molar-refractivity contribution is 7.88. The van der Waals surface area contributed by atoms with Crippen LogP contribution < -0.4 is 0 Å². The van der Waals surface area contributed by atoms with E-state index in [1.54, 1.807) is 29.2 Å². The van der Waals surface area contributed by atoms with E-state index in [1.165, 1.54) is 10.4 Å². The molecule has 0 atom stereocenters. The second kappa shape index (κ2) is 9.87. The van der Waals surface area contributed by atoms with Gasteiger partial charge in [0.1, 0.15) is 5.82 Å². The molecule has 4 rings (SSSR count). The van der Waals surface area contributed by atoms with Gasteiger partial charge in [-0.1, -0.05) is 48.0 Å². The van der Waals surface area contributed by atoms with E-state index in [1.807, 2.05) is 23.1 Å². The average molecular weight is 480 g/mol. The first-order valence-electron chi connectivity index (χ1n) is 10.8. The molecular formula is C23H27ClFN3O3S. The third-order valence-electron chi connectivity index (χ3n) is 6.00. The summed E-state index contributed by atoms with van der Waals surface area (Å²) in [6.45, 7) is 1.73. The van der Waals surface area contributed by atoms with Crippen molar-refractivity contribution >= 4 is 27.5 Å². The van der Waals surface area contributed by atoms with Crippen LogP contribution in [-0.4, -0.2) is 67.2 Å². The van der Waals surface area contributed by atoms with Crippen LogP contribution in [-0.2, 0) is 27.1 Å². The van der Waals surface area contributed by atoms with Crippen molar-refractivity contribution < 1.29 is 17.6 Å². The van der Waals surface area contributed by atoms with Crippen molar-refractivity contribution in [1.82, 2.24) is 14.1 Å². The van der Waals surface area contributed by atoms with E-state index < -0.39 is 10.0 Å². The summed E-state index contributed by atoms with van der Waals surface area (Å²) in [6.07, 6.45) is 1.95. The van der Waals surface area contributed by atoms with Crippen LogP contribution in [0.5, 0.6) is 0 Å². The molecule has 1 aliphatic carbocycles. The molecule has 1 saturated heterocycles. The Hall–Kier alpha value is -2.00. The zero-order valence-corrected chi connectivity index (χ0v) is 19.4. The summed E-state index contributed by atoms with van der Waals surface area (Å²) >= 11 is 6.18. The number of benzene rings is 2. The lowest BCUT2D eigenvalue weighted by Gasteiger charge is -2.35. The van der Waals surface area contributed by atoms with Crippen LogP contribution in [0.4, 0.5) is 4.39 Å². The summed E-state index contributed by atoms with van der Waals surface area (Å²) in [5, 5.41) is 0.361. The number of nitrogens with zero attached hydrogens (tertiary/aromatic N) is 3. The van der Waals surface area contributed by atoms with Crippen molar-refractivity contribution in [3.63, 3.8) is 0 Å². The molecule has 2 aromatic carbocycles. The molecule has 1 saturated carbocycles. The van der Waals surface area contributed by atoms with Crippen molar-refractivity contribution in [2.75, 3.05) is 32.7 Å². The highest BCUT2D eigenvalue weighted by Crippen LogP contribution is 2.30. The Bertz CT molecular complexity index is 1040. The Morgan fingerprint density at radius 3 is 2.34 bits per heavy atom. The zero-order valence-electron chi connectivity index (χ0n) is 17.8. The first kappa shape index (κ1) is 23.2. The van der Waals surface area contributed by atoms with Crippen molar-refractivity contribution in [1.29, 1.82) is 0 Å². The normalized spacial score (nSPS) is 17.7. The molecule has 0 N–H and O–H groups in total. The van der Waals surface area contributed by atoms with Gasteiger partial charge in [0.25, 0.3) is 0 Å². The summed E-state index contributed by atoms with van der Waals surface area (Å²) in [4.78, 5) is 16.6. The molecular weight excluding hydrogens is 453 g/mol. The van der Waals surface area contributed by atoms with Gasteiger partial charge in [0.2, 0.25) is 15.9 Å². The zero-order chi connectivity index (χ0) is 22.7. The fourth-order valence-electron chi connectivity index (χ4n) is 4.01. The average Bonchev–Trinajstić information content (AvgIpc) is 3.61. The lowest BCUT2D eigenvalue weighted by Crippen LogP contribution is -2.52. The molecule has 0 radical (unpaired) electrons. The topological polar surface area (TPSA) is 60.9 Å². The smallest absolute Gasteiger partial charge is 0.236 e. The number of carbonyl (C=O) groups excluding carboxylic acids is 1. The summed E-state index contributed by atoms with van der Waals surface area (Å²) in [5.41, 5.74) is 1.16. The van der Waals surface area contributed by atoms with Gasteiger partial charge >= 0.3 is 0 Å². The van der Waals surface area contributed by atoms with Crippen molar-refractivity contribution in [3.05, 3.63) is 70.5 Å². The lowest BCUT2D eigenvalue weighted by atomic mass is 10.2. The quantitative estimate of drug-likeness (QED) is 0.583. The molecule has 2 aliphatic rings. The molecule has 0 spiro atoms. The van der Waals surface area contributed by atoms with E-state index in [9.17, 15) is 17.6 Å². The molecule has 2 aromatic rings. The minimum Gasteiger partial charge on any atom is -0.339 e. The molecule has 32 heavy (non-hydrogen) atoms. The highest BCUT2D eigenvalue weighted by atomic mass is 35.5. The monoisotopic (exact) mass is 479 g/mol. The van der Waals surface area contributed by atoms with Crippen LogP contribution in [0.25, 0.3) is 0 Å². The summed E-state index contributed by atoms with van der Waals surface area (Å²) in [6, 6.07) is 13.9. The van der Waals surface area contributed by atoms with Gasteiger partial charge in [0.15, 0.2) is 0 Å². The van der Waals surface area contributed by atoms with Gasteiger partial charge in [-0.2, -0.15) is 4.31 Å². The third-order valence-corrected chi connectivity index (χ3v) is 8.21. The summed E-state index contributed by atoms with van der Waals surface area (Å²) in [7, 11) is -3.43. The Labute approximate surface area is 193 Å². The molecule has 2 fully saturated rings. The van der Waals surface area contributed by atoms with Gasteiger partial charge in [-0.25, -0.2) is 12.8 Å². The summed E-state index contributed by atoms with van der Waals surface area (Å²) < 4.78 is 41.2. The molecule has 0 bridgehead atoms. The van der Waals surface area contributed by atoms with Gasteiger partial charge in [-0.3, -0.25) is 9.69 Å². The van der Waals surface area contributed by atoms with Gasteiger partial charge in [-0.15, -0.1) is 0 Å². The Morgan fingerprint density at radius 2 is 1.72 bits per heavy atom. The van der Waals surface area contributed by atoms with E-state index in [4.69, 9.17) is 11.6 Å². The fourth-order valence-corrected chi connectivity index (χ4v) is 5.74. The van der Waals surface area contributed by atoms with E-state index >= 15 is 0 Å². The number of piperazine rings is 1. The number of rotatable bonds is 8.